The van der Waals surface area contributed by atoms with Crippen molar-refractivity contribution in [1.29, 1.82) is 0 Å². The fourth-order valence-corrected chi connectivity index (χ4v) is 0.588. The molecule has 1 radical (unpaired) electrons. The van der Waals surface area contributed by atoms with E-state index in [2.05, 4.69) is 5.32 Å². The van der Waals surface area contributed by atoms with Gasteiger partial charge in [-0.15, -0.1) is 0 Å². The molecule has 1 aliphatic rings. The van der Waals surface area contributed by atoms with E-state index < -0.39 is 0 Å². The normalized spacial score (nSPS) is 16.8. The lowest BCUT2D eigenvalue weighted by Crippen LogP contribution is -1.95. The van der Waals surface area contributed by atoms with Crippen molar-refractivity contribution in [2.75, 3.05) is 0 Å². The maximum absolute atomic E-state index is 4.82. The Morgan fingerprint density at radius 1 is 1.25 bits per heavy atom. The molecule has 0 saturated carbocycles. The number of rotatable bonds is 0. The van der Waals surface area contributed by atoms with Gasteiger partial charge in [0.25, 0.3) is 0 Å². The van der Waals surface area contributed by atoms with Crippen molar-refractivity contribution < 1.29 is 0 Å². The second-order valence-electron chi connectivity index (χ2n) is 1.42. The van der Waals surface area contributed by atoms with Gasteiger partial charge in [0.15, 0.2) is 0 Å². The topological polar surface area (TPSA) is 12.0 Å². The van der Waals surface area contributed by atoms with Gasteiger partial charge in [-0.05, 0) is 12.2 Å². The highest BCUT2D eigenvalue weighted by Crippen LogP contribution is 1.97. The zero-order valence-electron chi connectivity index (χ0n) is 4.29. The van der Waals surface area contributed by atoms with Gasteiger partial charge < -0.3 is 5.32 Å². The van der Waals surface area contributed by atoms with Crippen LogP contribution in [0, 0.1) is 0 Å². The zero-order valence-corrected chi connectivity index (χ0v) is 5.11. The Balaban J connectivity index is 2.69. The summed E-state index contributed by atoms with van der Waals surface area (Å²) in [5, 5.41) is 3.64. The molecule has 0 aromatic rings. The van der Waals surface area contributed by atoms with E-state index in [4.69, 9.17) is 12.6 Å². The van der Waals surface area contributed by atoms with Gasteiger partial charge in [0.2, 0.25) is 0 Å². The molecule has 0 aliphatic carbocycles. The lowest BCUT2D eigenvalue weighted by molar-refractivity contribution is 1.18. The number of hydrogen-bond acceptors (Lipinski definition) is 1. The fourth-order valence-electron chi connectivity index (χ4n) is 0.441. The third kappa shape index (κ3) is 1.39. The molecule has 0 spiro atoms. The van der Waals surface area contributed by atoms with Crippen LogP contribution in [-0.4, -0.2) is 0 Å². The van der Waals surface area contributed by atoms with Crippen LogP contribution in [0.25, 0.3) is 0 Å². The summed E-state index contributed by atoms with van der Waals surface area (Å²) in [4.78, 5) is 0. The SMILES string of the molecule is [S]C1=CC=CC=CN1. The van der Waals surface area contributed by atoms with Crippen molar-refractivity contribution in [2.45, 2.75) is 0 Å². The highest BCUT2D eigenvalue weighted by Gasteiger charge is 1.83. The predicted molar refractivity (Wildman–Crippen MR) is 37.1 cm³/mol. The zero-order chi connectivity index (χ0) is 5.82. The average Bonchev–Trinajstić information content (AvgIpc) is 1.94. The van der Waals surface area contributed by atoms with Crippen LogP contribution in [0.15, 0.2) is 35.5 Å². The molecule has 0 atom stereocenters. The van der Waals surface area contributed by atoms with Crippen molar-refractivity contribution in [1.82, 2.24) is 5.32 Å². The molecule has 0 aromatic heterocycles. The maximum atomic E-state index is 4.82. The molecule has 2 heteroatoms. The van der Waals surface area contributed by atoms with Crippen LogP contribution in [0.5, 0.6) is 0 Å². The van der Waals surface area contributed by atoms with E-state index in [0.29, 0.717) is 0 Å². The van der Waals surface area contributed by atoms with Crippen LogP contribution >= 0.6 is 12.6 Å². The lowest BCUT2D eigenvalue weighted by atomic mass is 10.5. The minimum atomic E-state index is 0.759. The van der Waals surface area contributed by atoms with Crippen molar-refractivity contribution in [3.8, 4) is 0 Å². The molecule has 1 heterocycles. The third-order valence-corrected chi connectivity index (χ3v) is 1.05. The Labute approximate surface area is 54.2 Å². The van der Waals surface area contributed by atoms with Crippen molar-refractivity contribution in [3.63, 3.8) is 0 Å². The molecular weight excluding hydrogens is 118 g/mol. The molecule has 0 saturated heterocycles. The van der Waals surface area contributed by atoms with Gasteiger partial charge in [-0.25, -0.2) is 0 Å². The largest absolute Gasteiger partial charge is 0.353 e. The summed E-state index contributed by atoms with van der Waals surface area (Å²) in [7, 11) is 0. The summed E-state index contributed by atoms with van der Waals surface area (Å²) in [5.74, 6) is 0. The molecule has 1 rings (SSSR count). The van der Waals surface area contributed by atoms with Crippen LogP contribution in [0.2, 0.25) is 0 Å². The molecule has 8 heavy (non-hydrogen) atoms. The molecule has 0 bridgehead atoms. The maximum Gasteiger partial charge on any atom is 0.103 e. The highest BCUT2D eigenvalue weighted by molar-refractivity contribution is 7.84. The Kier molecular flexibility index (Phi) is 1.70. The van der Waals surface area contributed by atoms with E-state index in [9.17, 15) is 0 Å². The average molecular weight is 124 g/mol. The first-order valence-electron chi connectivity index (χ1n) is 2.36. The smallest absolute Gasteiger partial charge is 0.103 e. The van der Waals surface area contributed by atoms with Crippen LogP contribution in [0.3, 0.4) is 0 Å². The highest BCUT2D eigenvalue weighted by atomic mass is 32.1. The van der Waals surface area contributed by atoms with Crippen LogP contribution in [0.4, 0.5) is 0 Å². The van der Waals surface area contributed by atoms with Crippen LogP contribution in [-0.2, 0) is 0 Å². The van der Waals surface area contributed by atoms with Gasteiger partial charge in [0, 0.05) is 6.20 Å². The molecule has 0 fully saturated rings. The molecular formula is C6H6NS. The first-order valence-corrected chi connectivity index (χ1v) is 2.77. The van der Waals surface area contributed by atoms with E-state index in [0.717, 1.165) is 5.03 Å². The van der Waals surface area contributed by atoms with Crippen LogP contribution in [0.1, 0.15) is 0 Å². The first-order chi connectivity index (χ1) is 3.89. The Morgan fingerprint density at radius 3 is 3.00 bits per heavy atom. The van der Waals surface area contributed by atoms with Gasteiger partial charge in [0.05, 0.1) is 0 Å². The molecule has 1 aliphatic heterocycles. The Bertz CT molecular complexity index is 156. The third-order valence-electron chi connectivity index (χ3n) is 0.792. The standard InChI is InChI=1S/C6H6NS/c8-6-4-2-1-3-5-7-6/h1-5,7H. The van der Waals surface area contributed by atoms with Gasteiger partial charge in [0.1, 0.15) is 5.03 Å². The minimum Gasteiger partial charge on any atom is -0.353 e. The summed E-state index contributed by atoms with van der Waals surface area (Å²) in [6, 6.07) is 0. The Hall–Kier alpha value is -0.760. The molecule has 41 valence electrons. The number of hydrogen-bond donors (Lipinski definition) is 1. The minimum absolute atomic E-state index is 0.759. The van der Waals surface area contributed by atoms with E-state index in [1.165, 1.54) is 0 Å². The van der Waals surface area contributed by atoms with E-state index in [-0.39, 0.29) is 0 Å². The van der Waals surface area contributed by atoms with E-state index in [1.807, 2.05) is 30.5 Å². The summed E-state index contributed by atoms with van der Waals surface area (Å²) in [5.41, 5.74) is 0. The molecule has 0 aromatic carbocycles. The van der Waals surface area contributed by atoms with E-state index in [1.54, 1.807) is 0 Å². The quantitative estimate of drug-likeness (QED) is 0.518. The monoisotopic (exact) mass is 124 g/mol. The predicted octanol–water partition coefficient (Wildman–Crippen LogP) is 1.70. The summed E-state index contributed by atoms with van der Waals surface area (Å²) in [6.45, 7) is 0. The lowest BCUT2D eigenvalue weighted by Gasteiger charge is -1.90. The molecule has 1 N–H and O–H groups in total. The number of allylic oxidation sites excluding steroid dienone is 4. The second kappa shape index (κ2) is 2.52. The van der Waals surface area contributed by atoms with Crippen molar-refractivity contribution >= 4 is 12.6 Å². The molecule has 1 nitrogen and oxygen atoms in total. The van der Waals surface area contributed by atoms with Gasteiger partial charge in [-0.2, -0.15) is 0 Å². The van der Waals surface area contributed by atoms with Gasteiger partial charge >= 0.3 is 0 Å². The van der Waals surface area contributed by atoms with Crippen LogP contribution < -0.4 is 5.32 Å². The second-order valence-corrected chi connectivity index (χ2v) is 1.86. The Morgan fingerprint density at radius 2 is 2.12 bits per heavy atom. The van der Waals surface area contributed by atoms with E-state index >= 15 is 0 Å². The summed E-state index contributed by atoms with van der Waals surface area (Å²) < 4.78 is 0. The van der Waals surface area contributed by atoms with Crippen molar-refractivity contribution in [2.24, 2.45) is 0 Å². The van der Waals surface area contributed by atoms with Gasteiger partial charge in [-0.1, -0.05) is 24.8 Å². The first kappa shape index (κ1) is 5.38. The van der Waals surface area contributed by atoms with Crippen molar-refractivity contribution in [3.05, 3.63) is 35.5 Å². The fraction of sp³-hybridized carbons (Fsp3) is 0. The summed E-state index contributed by atoms with van der Waals surface area (Å²) >= 11 is 4.82. The van der Waals surface area contributed by atoms with Gasteiger partial charge in [-0.3, -0.25) is 0 Å². The molecule has 0 amide bonds. The number of nitrogens with one attached hydrogen (secondary N) is 1. The molecule has 0 unspecified atom stereocenters. The summed E-state index contributed by atoms with van der Waals surface area (Å²) in [6.07, 6.45) is 9.37.